The Labute approximate surface area is 89.3 Å². The fourth-order valence-electron chi connectivity index (χ4n) is 1.97. The molecule has 0 heterocycles. The quantitative estimate of drug-likeness (QED) is 0.820. The molecule has 1 aromatic carbocycles. The third-order valence-corrected chi connectivity index (χ3v) is 3.11. The number of rotatable bonds is 3. The summed E-state index contributed by atoms with van der Waals surface area (Å²) < 4.78 is 12.7. The molecule has 0 bridgehead atoms. The van der Waals surface area contributed by atoms with Crippen LogP contribution in [0.15, 0.2) is 24.3 Å². The first-order chi connectivity index (χ1) is 7.16. The van der Waals surface area contributed by atoms with Crippen molar-refractivity contribution < 1.29 is 9.50 Å². The van der Waals surface area contributed by atoms with Gasteiger partial charge in [0.2, 0.25) is 0 Å². The fourth-order valence-corrected chi connectivity index (χ4v) is 1.97. The number of aliphatic hydroxyl groups excluding tert-OH is 1. The van der Waals surface area contributed by atoms with Crippen LogP contribution in [0.25, 0.3) is 0 Å². The molecule has 0 radical (unpaired) electrons. The minimum Gasteiger partial charge on any atom is -0.391 e. The van der Waals surface area contributed by atoms with Crippen LogP contribution < -0.4 is 0 Å². The van der Waals surface area contributed by atoms with Gasteiger partial charge in [0.05, 0.1) is 6.10 Å². The highest BCUT2D eigenvalue weighted by molar-refractivity contribution is 5.16. The molecular formula is C12H16FNO. The van der Waals surface area contributed by atoms with Crippen LogP contribution in [-0.2, 0) is 6.54 Å². The first-order valence-electron chi connectivity index (χ1n) is 5.29. The van der Waals surface area contributed by atoms with Gasteiger partial charge in [0.1, 0.15) is 5.82 Å². The summed E-state index contributed by atoms with van der Waals surface area (Å²) in [5, 5.41) is 9.50. The van der Waals surface area contributed by atoms with E-state index in [0.29, 0.717) is 0 Å². The van der Waals surface area contributed by atoms with Crippen molar-refractivity contribution in [3.63, 3.8) is 0 Å². The number of aliphatic hydroxyl groups is 1. The summed E-state index contributed by atoms with van der Waals surface area (Å²) in [5.74, 6) is -0.204. The monoisotopic (exact) mass is 209 g/mol. The largest absolute Gasteiger partial charge is 0.391 e. The second-order valence-electron chi connectivity index (χ2n) is 4.25. The molecule has 15 heavy (non-hydrogen) atoms. The lowest BCUT2D eigenvalue weighted by Crippen LogP contribution is -2.48. The summed E-state index contributed by atoms with van der Waals surface area (Å²) in [6.07, 6.45) is 1.77. The number of halogens is 1. The maximum Gasteiger partial charge on any atom is 0.123 e. The van der Waals surface area contributed by atoms with E-state index in [1.165, 1.54) is 12.1 Å². The highest BCUT2D eigenvalue weighted by atomic mass is 19.1. The molecule has 1 fully saturated rings. The Morgan fingerprint density at radius 1 is 1.33 bits per heavy atom. The van der Waals surface area contributed by atoms with Gasteiger partial charge in [-0.2, -0.15) is 0 Å². The summed E-state index contributed by atoms with van der Waals surface area (Å²) in [5.41, 5.74) is 1.08. The zero-order chi connectivity index (χ0) is 10.8. The summed E-state index contributed by atoms with van der Waals surface area (Å²) in [4.78, 5) is 2.13. The van der Waals surface area contributed by atoms with Gasteiger partial charge in [0.15, 0.2) is 0 Å². The molecule has 2 atom stereocenters. The van der Waals surface area contributed by atoms with Crippen molar-refractivity contribution in [3.05, 3.63) is 35.6 Å². The van der Waals surface area contributed by atoms with Crippen molar-refractivity contribution in [1.29, 1.82) is 0 Å². The van der Waals surface area contributed by atoms with Gasteiger partial charge in [0, 0.05) is 12.6 Å². The van der Waals surface area contributed by atoms with Gasteiger partial charge in [-0.25, -0.2) is 4.39 Å². The summed E-state index contributed by atoms with van der Waals surface area (Å²) in [6.45, 7) is 0.766. The van der Waals surface area contributed by atoms with E-state index in [4.69, 9.17) is 0 Å². The van der Waals surface area contributed by atoms with E-state index in [1.54, 1.807) is 12.1 Å². The fraction of sp³-hybridized carbons (Fsp3) is 0.500. The predicted molar refractivity (Wildman–Crippen MR) is 56.9 cm³/mol. The van der Waals surface area contributed by atoms with Crippen LogP contribution in [0.2, 0.25) is 0 Å². The maximum atomic E-state index is 12.7. The molecule has 2 rings (SSSR count). The Kier molecular flexibility index (Phi) is 3.03. The van der Waals surface area contributed by atoms with E-state index in [9.17, 15) is 9.50 Å². The number of nitrogens with zero attached hydrogens (tertiary/aromatic N) is 1. The summed E-state index contributed by atoms with van der Waals surface area (Å²) in [7, 11) is 2.00. The number of hydrogen-bond acceptors (Lipinski definition) is 2. The third-order valence-electron chi connectivity index (χ3n) is 3.11. The van der Waals surface area contributed by atoms with Crippen molar-refractivity contribution >= 4 is 0 Å². The van der Waals surface area contributed by atoms with E-state index in [2.05, 4.69) is 4.90 Å². The first kappa shape index (κ1) is 10.6. The van der Waals surface area contributed by atoms with Gasteiger partial charge in [-0.05, 0) is 37.6 Å². The number of likely N-dealkylation sites (N-methyl/N-ethyl adjacent to an activating group) is 1. The minimum absolute atomic E-state index is 0.185. The zero-order valence-corrected chi connectivity index (χ0v) is 8.86. The van der Waals surface area contributed by atoms with Gasteiger partial charge in [-0.3, -0.25) is 4.90 Å². The Balaban J connectivity index is 1.93. The van der Waals surface area contributed by atoms with E-state index >= 15 is 0 Å². The van der Waals surface area contributed by atoms with E-state index in [-0.39, 0.29) is 18.0 Å². The average molecular weight is 209 g/mol. The molecular weight excluding hydrogens is 193 g/mol. The first-order valence-corrected chi connectivity index (χ1v) is 5.29. The van der Waals surface area contributed by atoms with E-state index in [1.807, 2.05) is 7.05 Å². The molecule has 1 aliphatic carbocycles. The van der Waals surface area contributed by atoms with Crippen molar-refractivity contribution in [2.75, 3.05) is 7.05 Å². The van der Waals surface area contributed by atoms with Crippen LogP contribution in [0.1, 0.15) is 18.4 Å². The second kappa shape index (κ2) is 4.29. The van der Waals surface area contributed by atoms with Crippen molar-refractivity contribution in [3.8, 4) is 0 Å². The van der Waals surface area contributed by atoms with Crippen LogP contribution in [0.4, 0.5) is 4.39 Å². The highest BCUT2D eigenvalue weighted by Gasteiger charge is 2.31. The lowest BCUT2D eigenvalue weighted by atomic mass is 9.88. The topological polar surface area (TPSA) is 23.5 Å². The van der Waals surface area contributed by atoms with Gasteiger partial charge < -0.3 is 5.11 Å². The Bertz CT molecular complexity index is 325. The van der Waals surface area contributed by atoms with Crippen LogP contribution in [-0.4, -0.2) is 29.2 Å². The normalized spacial score (nSPS) is 25.3. The van der Waals surface area contributed by atoms with Gasteiger partial charge >= 0.3 is 0 Å². The molecule has 0 saturated heterocycles. The molecule has 2 nitrogen and oxygen atoms in total. The van der Waals surface area contributed by atoms with Crippen molar-refractivity contribution in [2.45, 2.75) is 31.5 Å². The lowest BCUT2D eigenvalue weighted by molar-refractivity contribution is -0.0130. The van der Waals surface area contributed by atoms with Crippen molar-refractivity contribution in [1.82, 2.24) is 4.90 Å². The van der Waals surface area contributed by atoms with Crippen LogP contribution in [0.3, 0.4) is 0 Å². The average Bonchev–Trinajstić information content (AvgIpc) is 2.19. The SMILES string of the molecule is CN(Cc1ccc(F)cc1)C1CCC1O. The smallest absolute Gasteiger partial charge is 0.123 e. The summed E-state index contributed by atoms with van der Waals surface area (Å²) in [6, 6.07) is 6.80. The minimum atomic E-state index is -0.204. The van der Waals surface area contributed by atoms with E-state index < -0.39 is 0 Å². The second-order valence-corrected chi connectivity index (χ2v) is 4.25. The molecule has 1 saturated carbocycles. The Morgan fingerprint density at radius 2 is 2.00 bits per heavy atom. The van der Waals surface area contributed by atoms with Gasteiger partial charge in [-0.1, -0.05) is 12.1 Å². The molecule has 0 aliphatic heterocycles. The van der Waals surface area contributed by atoms with Crippen LogP contribution in [0.5, 0.6) is 0 Å². The predicted octanol–water partition coefficient (Wildman–Crippen LogP) is 1.78. The Hall–Kier alpha value is -0.930. The molecule has 0 amide bonds. The maximum absolute atomic E-state index is 12.7. The zero-order valence-electron chi connectivity index (χ0n) is 8.86. The van der Waals surface area contributed by atoms with Crippen LogP contribution >= 0.6 is 0 Å². The van der Waals surface area contributed by atoms with E-state index in [0.717, 1.165) is 24.9 Å². The standard InChI is InChI=1S/C12H16FNO/c1-14(11-6-7-12(11)15)8-9-2-4-10(13)5-3-9/h2-5,11-12,15H,6-8H2,1H3. The molecule has 82 valence electrons. The lowest BCUT2D eigenvalue weighted by Gasteiger charge is -2.39. The highest BCUT2D eigenvalue weighted by Crippen LogP contribution is 2.25. The molecule has 1 aromatic rings. The third kappa shape index (κ3) is 2.36. The van der Waals surface area contributed by atoms with Crippen molar-refractivity contribution in [2.24, 2.45) is 0 Å². The molecule has 0 spiro atoms. The van der Waals surface area contributed by atoms with Gasteiger partial charge in [-0.15, -0.1) is 0 Å². The summed E-state index contributed by atoms with van der Waals surface area (Å²) >= 11 is 0. The number of hydrogen-bond donors (Lipinski definition) is 1. The Morgan fingerprint density at radius 3 is 2.47 bits per heavy atom. The van der Waals surface area contributed by atoms with Crippen LogP contribution in [0, 0.1) is 5.82 Å². The van der Waals surface area contributed by atoms with Gasteiger partial charge in [0.25, 0.3) is 0 Å². The molecule has 3 heteroatoms. The molecule has 2 unspecified atom stereocenters. The number of benzene rings is 1. The molecule has 0 aromatic heterocycles. The molecule has 1 N–H and O–H groups in total. The molecule has 1 aliphatic rings.